The lowest BCUT2D eigenvalue weighted by Crippen LogP contribution is -2.19. The Bertz CT molecular complexity index is 1110. The molecule has 2 aromatic carbocycles. The van der Waals surface area contributed by atoms with Crippen LogP contribution in [0.5, 0.6) is 5.75 Å². The molecule has 0 spiro atoms. The number of amidine groups is 1. The molecule has 0 saturated carbocycles. The molecule has 1 aliphatic rings. The number of aryl methyl sites for hydroxylation is 1. The van der Waals surface area contributed by atoms with Gasteiger partial charge in [-0.15, -0.1) is 24.8 Å². The van der Waals surface area contributed by atoms with Gasteiger partial charge < -0.3 is 25.5 Å². The van der Waals surface area contributed by atoms with E-state index in [1.807, 2.05) is 55.5 Å². The second kappa shape index (κ2) is 11.4. The molecule has 3 aromatic rings. The van der Waals surface area contributed by atoms with E-state index in [4.69, 9.17) is 15.9 Å². The topological polar surface area (TPSA) is 113 Å². The maximum absolute atomic E-state index is 12.1. The van der Waals surface area contributed by atoms with E-state index in [1.54, 1.807) is 0 Å². The molecular weight excluding hydrogens is 463 g/mol. The molecule has 178 valence electrons. The standard InChI is InChI=1S/C24H28N4O3.2ClH/c1-2-28-18(12-17-11-16(23(25)26)5-8-22(17)28)13-21(24(29)30)15-3-6-19(7-4-15)31-20-9-10-27-14-20;;/h3-8,11-12,20-21,27H,2,9-10,13-14H2,1H3,(H3,25,26)(H,29,30);2*1H/t20-,21?;;/m0../s1. The summed E-state index contributed by atoms with van der Waals surface area (Å²) in [6.45, 7) is 4.57. The third-order valence-corrected chi connectivity index (χ3v) is 5.93. The quantitative estimate of drug-likeness (QED) is 0.281. The highest BCUT2D eigenvalue weighted by atomic mass is 35.5. The van der Waals surface area contributed by atoms with Crippen LogP contribution in [0, 0.1) is 5.41 Å². The van der Waals surface area contributed by atoms with Gasteiger partial charge in [-0.1, -0.05) is 12.1 Å². The van der Waals surface area contributed by atoms with Crippen LogP contribution in [0.2, 0.25) is 0 Å². The van der Waals surface area contributed by atoms with Crippen molar-refractivity contribution in [2.45, 2.75) is 38.3 Å². The van der Waals surface area contributed by atoms with Crippen molar-refractivity contribution in [3.8, 4) is 5.75 Å². The lowest BCUT2D eigenvalue weighted by atomic mass is 9.94. The number of fused-ring (bicyclic) bond motifs is 1. The van der Waals surface area contributed by atoms with Crippen LogP contribution in [0.4, 0.5) is 0 Å². The maximum Gasteiger partial charge on any atom is 0.311 e. The molecule has 2 atom stereocenters. The van der Waals surface area contributed by atoms with Crippen molar-refractivity contribution in [3.05, 3.63) is 65.4 Å². The fourth-order valence-electron chi connectivity index (χ4n) is 4.29. The van der Waals surface area contributed by atoms with Crippen molar-refractivity contribution >= 4 is 47.5 Å². The Balaban J connectivity index is 0.00000193. The Kier molecular flexibility index (Phi) is 9.16. The van der Waals surface area contributed by atoms with Crippen LogP contribution in [0.1, 0.15) is 36.1 Å². The molecule has 1 saturated heterocycles. The lowest BCUT2D eigenvalue weighted by Gasteiger charge is -2.17. The molecule has 0 amide bonds. The molecule has 0 aliphatic carbocycles. The highest BCUT2D eigenvalue weighted by molar-refractivity contribution is 5.99. The van der Waals surface area contributed by atoms with Gasteiger partial charge in [0.25, 0.3) is 0 Å². The van der Waals surface area contributed by atoms with Crippen LogP contribution >= 0.6 is 24.8 Å². The number of aromatic nitrogens is 1. The Morgan fingerprint density at radius 2 is 1.97 bits per heavy atom. The van der Waals surface area contributed by atoms with E-state index in [0.717, 1.165) is 54.0 Å². The number of rotatable bonds is 8. The molecule has 33 heavy (non-hydrogen) atoms. The first kappa shape index (κ1) is 26.5. The molecular formula is C24H30Cl2N4O3. The first-order valence-corrected chi connectivity index (χ1v) is 10.6. The SMILES string of the molecule is CCn1c(CC(C(=O)O)c2ccc(O[C@H]3CCNC3)cc2)cc2cc(C(=N)N)ccc21.Cl.Cl. The van der Waals surface area contributed by atoms with Gasteiger partial charge in [0.1, 0.15) is 17.7 Å². The number of nitrogen functional groups attached to an aromatic ring is 1. The van der Waals surface area contributed by atoms with Gasteiger partial charge in [-0.3, -0.25) is 10.2 Å². The summed E-state index contributed by atoms with van der Waals surface area (Å²) in [5, 5.41) is 21.8. The van der Waals surface area contributed by atoms with Crippen LogP contribution in [0.3, 0.4) is 0 Å². The normalized spacial score (nSPS) is 16.0. The Morgan fingerprint density at radius 3 is 2.55 bits per heavy atom. The zero-order valence-electron chi connectivity index (χ0n) is 18.4. The van der Waals surface area contributed by atoms with Gasteiger partial charge in [-0.2, -0.15) is 0 Å². The second-order valence-electron chi connectivity index (χ2n) is 7.96. The van der Waals surface area contributed by atoms with E-state index in [9.17, 15) is 9.90 Å². The van der Waals surface area contributed by atoms with Crippen LogP contribution in [0.25, 0.3) is 10.9 Å². The van der Waals surface area contributed by atoms with Gasteiger partial charge in [0, 0.05) is 41.7 Å². The number of hydrogen-bond donors (Lipinski definition) is 4. The highest BCUT2D eigenvalue weighted by Gasteiger charge is 2.23. The minimum Gasteiger partial charge on any atom is -0.489 e. The fraction of sp³-hybridized carbons (Fsp3) is 0.333. The molecule has 4 rings (SSSR count). The van der Waals surface area contributed by atoms with Crippen molar-refractivity contribution in [2.24, 2.45) is 5.73 Å². The summed E-state index contributed by atoms with van der Waals surface area (Å²) in [7, 11) is 0. The summed E-state index contributed by atoms with van der Waals surface area (Å²) in [6.07, 6.45) is 1.52. The van der Waals surface area contributed by atoms with Crippen molar-refractivity contribution < 1.29 is 14.6 Å². The maximum atomic E-state index is 12.1. The monoisotopic (exact) mass is 492 g/mol. The molecule has 7 nitrogen and oxygen atoms in total. The number of nitrogens with one attached hydrogen (secondary N) is 2. The minimum absolute atomic E-state index is 0. The molecule has 0 radical (unpaired) electrons. The van der Waals surface area contributed by atoms with E-state index in [1.165, 1.54) is 0 Å². The number of carboxylic acid groups (broad SMARTS) is 1. The summed E-state index contributed by atoms with van der Waals surface area (Å²) in [5.74, 6) is -0.733. The number of hydrogen-bond acceptors (Lipinski definition) is 4. The largest absolute Gasteiger partial charge is 0.489 e. The number of aliphatic carboxylic acids is 1. The Hall–Kier alpha value is -2.74. The van der Waals surface area contributed by atoms with E-state index >= 15 is 0 Å². The number of nitrogens with two attached hydrogens (primary N) is 1. The summed E-state index contributed by atoms with van der Waals surface area (Å²) < 4.78 is 8.08. The van der Waals surface area contributed by atoms with Crippen LogP contribution < -0.4 is 15.8 Å². The number of nitrogens with zero attached hydrogens (tertiary/aromatic N) is 1. The molecule has 2 heterocycles. The fourth-order valence-corrected chi connectivity index (χ4v) is 4.29. The zero-order valence-corrected chi connectivity index (χ0v) is 20.0. The van der Waals surface area contributed by atoms with Crippen molar-refractivity contribution in [1.82, 2.24) is 9.88 Å². The van der Waals surface area contributed by atoms with E-state index in [0.29, 0.717) is 12.0 Å². The van der Waals surface area contributed by atoms with Gasteiger partial charge in [-0.05, 0) is 61.9 Å². The summed E-state index contributed by atoms with van der Waals surface area (Å²) in [6, 6.07) is 15.1. The molecule has 9 heteroatoms. The van der Waals surface area contributed by atoms with Crippen molar-refractivity contribution in [1.29, 1.82) is 5.41 Å². The Morgan fingerprint density at radius 1 is 1.24 bits per heavy atom. The van der Waals surface area contributed by atoms with Crippen molar-refractivity contribution in [3.63, 3.8) is 0 Å². The van der Waals surface area contributed by atoms with Gasteiger partial charge in [-0.25, -0.2) is 0 Å². The summed E-state index contributed by atoms with van der Waals surface area (Å²) in [4.78, 5) is 12.1. The Labute approximate surface area is 205 Å². The smallest absolute Gasteiger partial charge is 0.311 e. The van der Waals surface area contributed by atoms with E-state index in [-0.39, 0.29) is 36.8 Å². The molecule has 5 N–H and O–H groups in total. The van der Waals surface area contributed by atoms with Gasteiger partial charge in [0.2, 0.25) is 0 Å². The molecule has 1 fully saturated rings. The van der Waals surface area contributed by atoms with Gasteiger partial charge >= 0.3 is 5.97 Å². The predicted molar refractivity (Wildman–Crippen MR) is 136 cm³/mol. The van der Waals surface area contributed by atoms with E-state index < -0.39 is 11.9 Å². The minimum atomic E-state index is -0.856. The molecule has 1 unspecified atom stereocenters. The lowest BCUT2D eigenvalue weighted by molar-refractivity contribution is -0.138. The van der Waals surface area contributed by atoms with Crippen LogP contribution in [-0.4, -0.2) is 40.7 Å². The molecule has 1 aromatic heterocycles. The third kappa shape index (κ3) is 5.79. The number of halogens is 2. The average Bonchev–Trinajstić information content (AvgIpc) is 3.38. The summed E-state index contributed by atoms with van der Waals surface area (Å²) >= 11 is 0. The highest BCUT2D eigenvalue weighted by Crippen LogP contribution is 2.28. The predicted octanol–water partition coefficient (Wildman–Crippen LogP) is 3.94. The number of ether oxygens (including phenoxy) is 1. The number of carboxylic acids is 1. The average molecular weight is 493 g/mol. The van der Waals surface area contributed by atoms with Crippen LogP contribution in [-0.2, 0) is 17.8 Å². The first-order valence-electron chi connectivity index (χ1n) is 10.6. The number of benzene rings is 2. The molecule has 0 bridgehead atoms. The zero-order chi connectivity index (χ0) is 22.0. The third-order valence-electron chi connectivity index (χ3n) is 5.93. The molecule has 1 aliphatic heterocycles. The second-order valence-corrected chi connectivity index (χ2v) is 7.96. The van der Waals surface area contributed by atoms with E-state index in [2.05, 4.69) is 9.88 Å². The number of carbonyl (C=O) groups is 1. The first-order chi connectivity index (χ1) is 15.0. The van der Waals surface area contributed by atoms with Crippen molar-refractivity contribution in [2.75, 3.05) is 13.1 Å². The van der Waals surface area contributed by atoms with Gasteiger partial charge in [0.05, 0.1) is 5.92 Å². The summed E-state index contributed by atoms with van der Waals surface area (Å²) in [5.41, 5.74) is 9.00. The van der Waals surface area contributed by atoms with Gasteiger partial charge in [0.15, 0.2) is 0 Å². The van der Waals surface area contributed by atoms with Crippen LogP contribution in [0.15, 0.2) is 48.5 Å².